The lowest BCUT2D eigenvalue weighted by atomic mass is 10.1. The lowest BCUT2D eigenvalue weighted by Crippen LogP contribution is -1.92. The van der Waals surface area contributed by atoms with E-state index < -0.39 is 0 Å². The van der Waals surface area contributed by atoms with Crippen LogP contribution in [-0.4, -0.2) is 15.0 Å². The maximum absolute atomic E-state index is 5.04. The number of thiophene rings is 1. The molecule has 0 spiro atoms. The number of H-pyrrole nitrogens is 2. The van der Waals surface area contributed by atoms with Crippen molar-refractivity contribution in [3.8, 4) is 22.0 Å². The van der Waals surface area contributed by atoms with E-state index in [1.807, 2.05) is 11.8 Å². The molecule has 1 aliphatic rings. The maximum atomic E-state index is 5.04. The van der Waals surface area contributed by atoms with Crippen LogP contribution in [0.2, 0.25) is 0 Å². The fourth-order valence-corrected chi connectivity index (χ4v) is 5.16. The molecular formula is C20H17N3S2. The van der Waals surface area contributed by atoms with Gasteiger partial charge in [0.05, 0.1) is 15.8 Å². The van der Waals surface area contributed by atoms with Crippen LogP contribution in [0.3, 0.4) is 0 Å². The predicted octanol–water partition coefficient (Wildman–Crippen LogP) is 6.29. The van der Waals surface area contributed by atoms with Crippen molar-refractivity contribution in [2.24, 2.45) is 0 Å². The molecule has 4 heterocycles. The van der Waals surface area contributed by atoms with Crippen molar-refractivity contribution in [2.75, 3.05) is 0 Å². The topological polar surface area (TPSA) is 44.5 Å². The number of nitrogens with zero attached hydrogens (tertiary/aromatic N) is 1. The molecule has 5 rings (SSSR count). The Balaban J connectivity index is 1.72. The quantitative estimate of drug-likeness (QED) is 0.449. The number of nitrogens with one attached hydrogen (secondary N) is 2. The van der Waals surface area contributed by atoms with Gasteiger partial charge < -0.3 is 9.97 Å². The van der Waals surface area contributed by atoms with Crippen LogP contribution < -0.4 is 0 Å². The Hall–Kier alpha value is -2.24. The van der Waals surface area contributed by atoms with E-state index in [1.165, 1.54) is 21.5 Å². The van der Waals surface area contributed by atoms with Crippen LogP contribution >= 0.6 is 23.1 Å². The largest absolute Gasteiger partial charge is 0.358 e. The average molecular weight is 364 g/mol. The number of imidazole rings is 1. The van der Waals surface area contributed by atoms with E-state index in [0.717, 1.165) is 29.1 Å². The van der Waals surface area contributed by atoms with E-state index in [9.17, 15) is 0 Å². The summed E-state index contributed by atoms with van der Waals surface area (Å²) in [7, 11) is 0. The minimum atomic E-state index is 0.420. The first-order valence-electron chi connectivity index (χ1n) is 8.33. The summed E-state index contributed by atoms with van der Waals surface area (Å²) >= 11 is 3.62. The zero-order valence-corrected chi connectivity index (χ0v) is 15.4. The van der Waals surface area contributed by atoms with Gasteiger partial charge in [-0.05, 0) is 36.3 Å². The highest BCUT2D eigenvalue weighted by Gasteiger charge is 2.24. The Labute approximate surface area is 154 Å². The van der Waals surface area contributed by atoms with Gasteiger partial charge in [0, 0.05) is 22.2 Å². The summed E-state index contributed by atoms with van der Waals surface area (Å²) in [5, 5.41) is 5.95. The molecule has 1 unspecified atom stereocenters. The Bertz CT molecular complexity index is 1060. The van der Waals surface area contributed by atoms with Gasteiger partial charge in [-0.15, -0.1) is 23.1 Å². The van der Waals surface area contributed by atoms with E-state index in [-0.39, 0.29) is 0 Å². The van der Waals surface area contributed by atoms with Gasteiger partial charge >= 0.3 is 0 Å². The second-order valence-electron chi connectivity index (χ2n) is 6.23. The molecule has 5 heteroatoms. The molecule has 0 saturated heterocycles. The van der Waals surface area contributed by atoms with Gasteiger partial charge in [0.1, 0.15) is 11.5 Å². The number of benzene rings is 1. The Morgan fingerprint density at radius 3 is 2.84 bits per heavy atom. The number of rotatable bonds is 3. The molecule has 2 N–H and O–H groups in total. The summed E-state index contributed by atoms with van der Waals surface area (Å²) in [5.74, 6) is 0.959. The predicted molar refractivity (Wildman–Crippen MR) is 108 cm³/mol. The molecule has 1 atom stereocenters. The maximum Gasteiger partial charge on any atom is 0.140 e. The normalized spacial score (nSPS) is 16.9. The highest BCUT2D eigenvalue weighted by Crippen LogP contribution is 2.44. The molecule has 25 heavy (non-hydrogen) atoms. The zero-order valence-electron chi connectivity index (χ0n) is 13.7. The summed E-state index contributed by atoms with van der Waals surface area (Å²) in [5.41, 5.74) is 5.81. The van der Waals surface area contributed by atoms with Crippen LogP contribution in [0.1, 0.15) is 23.1 Å². The third-order valence-electron chi connectivity index (χ3n) is 4.63. The molecule has 0 bridgehead atoms. The lowest BCUT2D eigenvalue weighted by molar-refractivity contribution is 0.951. The van der Waals surface area contributed by atoms with Crippen LogP contribution in [-0.2, 0) is 0 Å². The van der Waals surface area contributed by atoms with Crippen molar-refractivity contribution in [2.45, 2.75) is 18.6 Å². The van der Waals surface area contributed by atoms with Crippen LogP contribution in [0.25, 0.3) is 32.9 Å². The molecule has 0 fully saturated rings. The number of allylic oxidation sites excluding steroid dienone is 1. The molecule has 0 amide bonds. The third-order valence-corrected chi connectivity index (χ3v) is 6.61. The molecule has 1 aromatic carbocycles. The Morgan fingerprint density at radius 1 is 1.12 bits per heavy atom. The molecule has 3 nitrogen and oxygen atoms in total. The van der Waals surface area contributed by atoms with E-state index in [1.54, 1.807) is 11.3 Å². The second-order valence-corrected chi connectivity index (χ2v) is 8.29. The van der Waals surface area contributed by atoms with Crippen molar-refractivity contribution in [1.82, 2.24) is 15.0 Å². The van der Waals surface area contributed by atoms with Gasteiger partial charge in [0.15, 0.2) is 0 Å². The summed E-state index contributed by atoms with van der Waals surface area (Å²) in [6, 6.07) is 12.7. The highest BCUT2D eigenvalue weighted by molar-refractivity contribution is 8.02. The summed E-state index contributed by atoms with van der Waals surface area (Å²) in [6.45, 7) is 2.12. The zero-order chi connectivity index (χ0) is 16.8. The molecular weight excluding hydrogens is 346 g/mol. The van der Waals surface area contributed by atoms with Gasteiger partial charge in [0.2, 0.25) is 0 Å². The van der Waals surface area contributed by atoms with Gasteiger partial charge in [-0.25, -0.2) is 4.98 Å². The third kappa shape index (κ3) is 2.46. The Morgan fingerprint density at radius 2 is 2.04 bits per heavy atom. The first-order valence-corrected chi connectivity index (χ1v) is 10.2. The standard InChI is InChI=1S/C20H17N3S2/c1-12-17(13-6-2-3-7-14(13)21-12)20-22-18(15-8-4-10-24-15)19(23-20)16-9-5-11-25-16/h2-8,10-11,16,21H,9H2,1H3,(H,22,23). The highest BCUT2D eigenvalue weighted by atomic mass is 32.2. The number of aromatic nitrogens is 3. The fraction of sp³-hybridized carbons (Fsp3) is 0.150. The average Bonchev–Trinajstić information content (AvgIpc) is 3.38. The number of aromatic amines is 2. The smallest absolute Gasteiger partial charge is 0.140 e. The first-order chi connectivity index (χ1) is 12.3. The van der Waals surface area contributed by atoms with Crippen molar-refractivity contribution >= 4 is 34.0 Å². The van der Waals surface area contributed by atoms with Gasteiger partial charge in [0.25, 0.3) is 0 Å². The molecule has 124 valence electrons. The number of hydrogen-bond acceptors (Lipinski definition) is 3. The van der Waals surface area contributed by atoms with Crippen molar-refractivity contribution in [1.29, 1.82) is 0 Å². The minimum Gasteiger partial charge on any atom is -0.358 e. The SMILES string of the molecule is Cc1[nH]c2ccccc2c1-c1nc(-c2cccs2)c(C2CC=CS2)[nH]1. The molecule has 0 radical (unpaired) electrons. The summed E-state index contributed by atoms with van der Waals surface area (Å²) < 4.78 is 0. The number of thioether (sulfide) groups is 1. The van der Waals surface area contributed by atoms with Crippen molar-refractivity contribution in [3.05, 3.63) is 64.7 Å². The van der Waals surface area contributed by atoms with Gasteiger partial charge in [-0.3, -0.25) is 0 Å². The van der Waals surface area contributed by atoms with E-state index in [2.05, 4.69) is 70.2 Å². The van der Waals surface area contributed by atoms with Crippen molar-refractivity contribution in [3.63, 3.8) is 0 Å². The van der Waals surface area contributed by atoms with Crippen LogP contribution in [0.4, 0.5) is 0 Å². The molecule has 0 aliphatic carbocycles. The number of aryl methyl sites for hydroxylation is 1. The van der Waals surface area contributed by atoms with E-state index in [0.29, 0.717) is 5.25 Å². The van der Waals surface area contributed by atoms with Crippen molar-refractivity contribution < 1.29 is 0 Å². The molecule has 4 aromatic rings. The molecule has 0 saturated carbocycles. The number of fused-ring (bicyclic) bond motifs is 1. The molecule has 1 aliphatic heterocycles. The molecule has 3 aromatic heterocycles. The summed E-state index contributed by atoms with van der Waals surface area (Å²) in [6.07, 6.45) is 3.29. The van der Waals surface area contributed by atoms with Gasteiger partial charge in [-0.1, -0.05) is 30.3 Å². The first kappa shape index (κ1) is 15.0. The van der Waals surface area contributed by atoms with Gasteiger partial charge in [-0.2, -0.15) is 0 Å². The number of hydrogen-bond donors (Lipinski definition) is 2. The van der Waals surface area contributed by atoms with E-state index in [4.69, 9.17) is 4.98 Å². The fourth-order valence-electron chi connectivity index (χ4n) is 3.49. The monoisotopic (exact) mass is 363 g/mol. The second kappa shape index (κ2) is 5.93. The number of para-hydroxylation sites is 1. The van der Waals surface area contributed by atoms with Crippen LogP contribution in [0.5, 0.6) is 0 Å². The Kier molecular flexibility index (Phi) is 3.57. The minimum absolute atomic E-state index is 0.420. The summed E-state index contributed by atoms with van der Waals surface area (Å²) in [4.78, 5) is 13.4. The lowest BCUT2D eigenvalue weighted by Gasteiger charge is -2.07. The van der Waals surface area contributed by atoms with E-state index >= 15 is 0 Å². The van der Waals surface area contributed by atoms with Crippen LogP contribution in [0, 0.1) is 6.92 Å². The van der Waals surface area contributed by atoms with Crippen LogP contribution in [0.15, 0.2) is 53.3 Å².